The van der Waals surface area contributed by atoms with Gasteiger partial charge in [-0.2, -0.15) is 0 Å². The second-order valence-corrected chi connectivity index (χ2v) is 12.8. The van der Waals surface area contributed by atoms with Crippen LogP contribution in [0.3, 0.4) is 0 Å². The van der Waals surface area contributed by atoms with E-state index in [-0.39, 0.29) is 34.6 Å². The molecule has 3 atom stereocenters. The standard InChI is InChI=1S/C28H38FN5O3S/c1-18(19-8-12-21(29)13-9-19)31-28(35)20-10-14-22(15-11-20)32-38(36,37)23-16-26-27(30-17-23)34(3)25-7-5-4-6-24(25)33(26)2/h8-9,12-13,16-18,20,22,24-25,32H,4-7,10-11,14-15H2,1-3H3,(H,31,35)/t18-,20?,22?,24-,25-/m1/s1. The second kappa shape index (κ2) is 10.8. The molecule has 2 aromatic rings. The van der Waals surface area contributed by atoms with E-state index in [0.29, 0.717) is 37.8 Å². The van der Waals surface area contributed by atoms with Crippen LogP contribution in [0, 0.1) is 11.7 Å². The number of likely N-dealkylation sites (N-methyl/N-ethyl adjacent to an activating group) is 2. The molecule has 2 fully saturated rings. The van der Waals surface area contributed by atoms with Gasteiger partial charge in [-0.15, -0.1) is 0 Å². The van der Waals surface area contributed by atoms with E-state index in [1.54, 1.807) is 18.2 Å². The Labute approximate surface area is 225 Å². The highest BCUT2D eigenvalue weighted by Crippen LogP contribution is 2.41. The van der Waals surface area contributed by atoms with Crippen molar-refractivity contribution < 1.29 is 17.6 Å². The number of carbonyl (C=O) groups excluding carboxylic acids is 1. The molecule has 0 bridgehead atoms. The van der Waals surface area contributed by atoms with Gasteiger partial charge in [0.1, 0.15) is 10.7 Å². The topological polar surface area (TPSA) is 94.6 Å². The van der Waals surface area contributed by atoms with Gasteiger partial charge in [0.15, 0.2) is 5.82 Å². The Balaban J connectivity index is 1.19. The summed E-state index contributed by atoms with van der Waals surface area (Å²) in [6.07, 6.45) is 8.47. The van der Waals surface area contributed by atoms with Crippen LogP contribution in [0.5, 0.6) is 0 Å². The predicted molar refractivity (Wildman–Crippen MR) is 146 cm³/mol. The average molecular weight is 544 g/mol. The van der Waals surface area contributed by atoms with Gasteiger partial charge in [-0.05, 0) is 69.2 Å². The number of sulfonamides is 1. The maximum Gasteiger partial charge on any atom is 0.242 e. The Hall–Kier alpha value is -2.72. The summed E-state index contributed by atoms with van der Waals surface area (Å²) in [6.45, 7) is 1.88. The van der Waals surface area contributed by atoms with E-state index in [1.807, 2.05) is 14.0 Å². The van der Waals surface area contributed by atoms with Crippen molar-refractivity contribution in [3.05, 3.63) is 47.9 Å². The number of hydrogen-bond acceptors (Lipinski definition) is 6. The smallest absolute Gasteiger partial charge is 0.242 e. The largest absolute Gasteiger partial charge is 0.367 e. The van der Waals surface area contributed by atoms with Gasteiger partial charge in [0.05, 0.1) is 17.8 Å². The summed E-state index contributed by atoms with van der Waals surface area (Å²) >= 11 is 0. The monoisotopic (exact) mass is 543 g/mol. The highest BCUT2D eigenvalue weighted by atomic mass is 32.2. The van der Waals surface area contributed by atoms with Crippen molar-refractivity contribution in [1.29, 1.82) is 0 Å². The third kappa shape index (κ3) is 5.38. The second-order valence-electron chi connectivity index (χ2n) is 11.1. The Morgan fingerprint density at radius 2 is 1.63 bits per heavy atom. The predicted octanol–water partition coefficient (Wildman–Crippen LogP) is 4.13. The van der Waals surface area contributed by atoms with Gasteiger partial charge in [-0.25, -0.2) is 22.5 Å². The van der Waals surface area contributed by atoms with E-state index in [1.165, 1.54) is 31.2 Å². The molecular formula is C28H38FN5O3S. The first-order valence-corrected chi connectivity index (χ1v) is 15.2. The summed E-state index contributed by atoms with van der Waals surface area (Å²) in [6, 6.07) is 8.18. The number of pyridine rings is 1. The molecular weight excluding hydrogens is 505 g/mol. The van der Waals surface area contributed by atoms with Crippen LogP contribution in [0.25, 0.3) is 0 Å². The molecule has 206 valence electrons. The van der Waals surface area contributed by atoms with Crippen LogP contribution in [-0.4, -0.2) is 51.5 Å². The molecule has 8 nitrogen and oxygen atoms in total. The molecule has 2 aliphatic carbocycles. The molecule has 1 aliphatic heterocycles. The molecule has 0 saturated heterocycles. The van der Waals surface area contributed by atoms with Crippen molar-refractivity contribution in [1.82, 2.24) is 15.0 Å². The number of anilines is 2. The lowest BCUT2D eigenvalue weighted by Crippen LogP contribution is -2.55. The van der Waals surface area contributed by atoms with Gasteiger partial charge in [0, 0.05) is 38.3 Å². The van der Waals surface area contributed by atoms with Crippen molar-refractivity contribution in [2.75, 3.05) is 23.9 Å². The molecule has 2 saturated carbocycles. The first-order chi connectivity index (χ1) is 18.1. The van der Waals surface area contributed by atoms with Crippen molar-refractivity contribution in [3.8, 4) is 0 Å². The molecule has 1 amide bonds. The first-order valence-electron chi connectivity index (χ1n) is 13.7. The molecule has 2 heterocycles. The third-order valence-electron chi connectivity index (χ3n) is 8.68. The van der Waals surface area contributed by atoms with Crippen LogP contribution in [0.2, 0.25) is 0 Å². The molecule has 2 N–H and O–H groups in total. The van der Waals surface area contributed by atoms with Gasteiger partial charge in [-0.3, -0.25) is 4.79 Å². The summed E-state index contributed by atoms with van der Waals surface area (Å²) in [7, 11) is 0.355. The summed E-state index contributed by atoms with van der Waals surface area (Å²) in [5, 5.41) is 3.01. The van der Waals surface area contributed by atoms with Crippen molar-refractivity contribution in [2.24, 2.45) is 5.92 Å². The first kappa shape index (κ1) is 26.9. The van der Waals surface area contributed by atoms with E-state index >= 15 is 0 Å². The van der Waals surface area contributed by atoms with Crippen LogP contribution in [-0.2, 0) is 14.8 Å². The minimum absolute atomic E-state index is 0.0461. The van der Waals surface area contributed by atoms with Gasteiger partial charge >= 0.3 is 0 Å². The van der Waals surface area contributed by atoms with E-state index in [2.05, 4.69) is 31.9 Å². The molecule has 1 aromatic heterocycles. The Morgan fingerprint density at radius 1 is 1.00 bits per heavy atom. The Bertz CT molecular complexity index is 1260. The summed E-state index contributed by atoms with van der Waals surface area (Å²) < 4.78 is 42.7. The minimum atomic E-state index is -3.75. The molecule has 0 spiro atoms. The Kier molecular flexibility index (Phi) is 7.64. The summed E-state index contributed by atoms with van der Waals surface area (Å²) in [5.74, 6) is 0.305. The van der Waals surface area contributed by atoms with Crippen molar-refractivity contribution in [3.63, 3.8) is 0 Å². The number of nitrogens with zero attached hydrogens (tertiary/aromatic N) is 3. The molecule has 5 rings (SSSR count). The number of amides is 1. The van der Waals surface area contributed by atoms with Gasteiger partial charge in [0.25, 0.3) is 0 Å². The van der Waals surface area contributed by atoms with Crippen LogP contribution >= 0.6 is 0 Å². The number of fused-ring (bicyclic) bond motifs is 2. The highest BCUT2D eigenvalue weighted by molar-refractivity contribution is 7.89. The number of nitrogens with one attached hydrogen (secondary N) is 2. The van der Waals surface area contributed by atoms with Gasteiger partial charge < -0.3 is 15.1 Å². The van der Waals surface area contributed by atoms with E-state index < -0.39 is 10.0 Å². The molecule has 0 unspecified atom stereocenters. The van der Waals surface area contributed by atoms with Gasteiger partial charge in [-0.1, -0.05) is 25.0 Å². The maximum absolute atomic E-state index is 13.3. The fraction of sp³-hybridized carbons (Fsp3) is 0.571. The lowest BCUT2D eigenvalue weighted by Gasteiger charge is -2.49. The number of benzene rings is 1. The van der Waals surface area contributed by atoms with E-state index in [4.69, 9.17) is 0 Å². The van der Waals surface area contributed by atoms with Crippen LogP contribution in [0.1, 0.15) is 69.9 Å². The molecule has 10 heteroatoms. The number of halogens is 1. The zero-order valence-corrected chi connectivity index (χ0v) is 23.2. The van der Waals surface area contributed by atoms with Crippen LogP contribution < -0.4 is 19.8 Å². The SMILES string of the molecule is C[C@@H](NC(=O)C1CCC(NS(=O)(=O)c2cnc3c(c2)N(C)[C@@H]2CCCC[C@H]2N3C)CC1)c1ccc(F)cc1. The zero-order chi connectivity index (χ0) is 27.0. The lowest BCUT2D eigenvalue weighted by molar-refractivity contribution is -0.126. The average Bonchev–Trinajstić information content (AvgIpc) is 2.92. The highest BCUT2D eigenvalue weighted by Gasteiger charge is 2.39. The van der Waals surface area contributed by atoms with E-state index in [0.717, 1.165) is 29.9 Å². The minimum Gasteiger partial charge on any atom is -0.367 e. The normalized spacial score (nSPS) is 26.3. The number of aromatic nitrogens is 1. The molecule has 1 aromatic carbocycles. The molecule has 0 radical (unpaired) electrons. The lowest BCUT2D eigenvalue weighted by atomic mass is 9.85. The van der Waals surface area contributed by atoms with Crippen LogP contribution in [0.4, 0.5) is 15.9 Å². The zero-order valence-electron chi connectivity index (χ0n) is 22.4. The number of hydrogen-bond donors (Lipinski definition) is 2. The summed E-state index contributed by atoms with van der Waals surface area (Å²) in [4.78, 5) is 22.0. The quantitative estimate of drug-likeness (QED) is 0.569. The van der Waals surface area contributed by atoms with Gasteiger partial charge in [0.2, 0.25) is 15.9 Å². The number of rotatable bonds is 6. The van der Waals surface area contributed by atoms with E-state index in [9.17, 15) is 17.6 Å². The summed E-state index contributed by atoms with van der Waals surface area (Å²) in [5.41, 5.74) is 1.70. The Morgan fingerprint density at radius 3 is 2.29 bits per heavy atom. The van der Waals surface area contributed by atoms with Crippen LogP contribution in [0.15, 0.2) is 41.4 Å². The maximum atomic E-state index is 13.3. The van der Waals surface area contributed by atoms with Crippen molar-refractivity contribution >= 4 is 27.4 Å². The molecule has 3 aliphatic rings. The third-order valence-corrected chi connectivity index (χ3v) is 10.2. The van der Waals surface area contributed by atoms with Crippen molar-refractivity contribution in [2.45, 2.75) is 87.4 Å². The number of carbonyl (C=O) groups is 1. The molecule has 38 heavy (non-hydrogen) atoms. The fourth-order valence-electron chi connectivity index (χ4n) is 6.36. The fourth-order valence-corrected chi connectivity index (χ4v) is 7.63.